The van der Waals surface area contributed by atoms with Crippen molar-refractivity contribution in [3.8, 4) is 0 Å². The molecule has 1 aromatic rings. The molecule has 0 radical (unpaired) electrons. The number of hydrogen-bond acceptors (Lipinski definition) is 4. The Morgan fingerprint density at radius 1 is 1.53 bits per heavy atom. The van der Waals surface area contributed by atoms with Crippen LogP contribution in [0.25, 0.3) is 0 Å². The van der Waals surface area contributed by atoms with Crippen LogP contribution in [-0.2, 0) is 0 Å². The smallest absolute Gasteiger partial charge is 0.292 e. The molecule has 1 N–H and O–H groups in total. The molecule has 5 heteroatoms. The van der Waals surface area contributed by atoms with E-state index >= 15 is 0 Å². The van der Waals surface area contributed by atoms with Gasteiger partial charge in [0.1, 0.15) is 5.69 Å². The van der Waals surface area contributed by atoms with Crippen molar-refractivity contribution in [2.24, 2.45) is 5.92 Å². The van der Waals surface area contributed by atoms with Crippen LogP contribution in [0, 0.1) is 23.0 Å². The molecular formula is C12H18N2O2S. The summed E-state index contributed by atoms with van der Waals surface area (Å²) in [7, 11) is 0. The average molecular weight is 254 g/mol. The molecule has 94 valence electrons. The fourth-order valence-corrected chi connectivity index (χ4v) is 2.34. The summed E-state index contributed by atoms with van der Waals surface area (Å²) in [4.78, 5) is 10.6. The number of nitro benzene ring substituents is 1. The highest BCUT2D eigenvalue weighted by molar-refractivity contribution is 7.98. The summed E-state index contributed by atoms with van der Waals surface area (Å²) in [6.07, 6.45) is 2.06. The minimum atomic E-state index is -0.339. The van der Waals surface area contributed by atoms with Gasteiger partial charge in [0.05, 0.1) is 4.92 Å². The van der Waals surface area contributed by atoms with Crippen molar-refractivity contribution in [2.75, 3.05) is 23.9 Å². The summed E-state index contributed by atoms with van der Waals surface area (Å²) in [6, 6.07) is 5.13. The van der Waals surface area contributed by atoms with Crippen molar-refractivity contribution < 1.29 is 4.92 Å². The Kier molecular flexibility index (Phi) is 5.28. The summed E-state index contributed by atoms with van der Waals surface area (Å²) in [5.41, 5.74) is 1.71. The van der Waals surface area contributed by atoms with Gasteiger partial charge in [-0.05, 0) is 30.4 Å². The number of hydrogen-bond donors (Lipinski definition) is 1. The van der Waals surface area contributed by atoms with Gasteiger partial charge in [-0.2, -0.15) is 11.8 Å². The molecule has 0 aliphatic heterocycles. The molecule has 1 aromatic carbocycles. The lowest BCUT2D eigenvalue weighted by molar-refractivity contribution is -0.384. The number of nitrogens with zero attached hydrogens (tertiary/aromatic N) is 1. The monoisotopic (exact) mass is 254 g/mol. The average Bonchev–Trinajstić information content (AvgIpc) is 2.27. The van der Waals surface area contributed by atoms with Crippen LogP contribution in [-0.4, -0.2) is 23.5 Å². The van der Waals surface area contributed by atoms with E-state index in [0.717, 1.165) is 17.9 Å². The van der Waals surface area contributed by atoms with E-state index in [1.165, 1.54) is 6.07 Å². The first-order valence-corrected chi connectivity index (χ1v) is 6.92. The zero-order valence-corrected chi connectivity index (χ0v) is 11.2. The molecule has 0 heterocycles. The highest BCUT2D eigenvalue weighted by Gasteiger charge is 2.15. The molecule has 1 atom stereocenters. The second kappa shape index (κ2) is 6.49. The molecule has 17 heavy (non-hydrogen) atoms. The van der Waals surface area contributed by atoms with Gasteiger partial charge in [-0.15, -0.1) is 0 Å². The molecule has 0 aliphatic carbocycles. The molecular weight excluding hydrogens is 236 g/mol. The molecule has 0 bridgehead atoms. The molecule has 0 amide bonds. The lowest BCUT2D eigenvalue weighted by atomic mass is 10.1. The molecule has 0 fully saturated rings. The quantitative estimate of drug-likeness (QED) is 0.625. The van der Waals surface area contributed by atoms with Crippen molar-refractivity contribution >= 4 is 23.1 Å². The maximum absolute atomic E-state index is 10.9. The van der Waals surface area contributed by atoms with E-state index in [1.807, 2.05) is 13.0 Å². The summed E-state index contributed by atoms with van der Waals surface area (Å²) < 4.78 is 0. The summed E-state index contributed by atoms with van der Waals surface area (Å²) in [5.74, 6) is 1.54. The standard InChI is InChI=1S/C12H18N2O2S/c1-9(8-17-3)7-13-12-10(2)5-4-6-11(12)14(15)16/h4-6,9,13H,7-8H2,1-3H3. The van der Waals surface area contributed by atoms with Crippen molar-refractivity contribution in [3.63, 3.8) is 0 Å². The van der Waals surface area contributed by atoms with E-state index in [-0.39, 0.29) is 10.6 Å². The third-order valence-electron chi connectivity index (χ3n) is 2.53. The number of nitro groups is 1. The van der Waals surface area contributed by atoms with Crippen molar-refractivity contribution in [3.05, 3.63) is 33.9 Å². The Morgan fingerprint density at radius 2 is 2.24 bits per heavy atom. The van der Waals surface area contributed by atoms with Crippen LogP contribution in [0.1, 0.15) is 12.5 Å². The van der Waals surface area contributed by atoms with E-state index < -0.39 is 0 Å². The van der Waals surface area contributed by atoms with Crippen LogP contribution in [0.4, 0.5) is 11.4 Å². The Hall–Kier alpha value is -1.23. The first-order valence-electron chi connectivity index (χ1n) is 5.53. The summed E-state index contributed by atoms with van der Waals surface area (Å²) in [6.45, 7) is 4.77. The largest absolute Gasteiger partial charge is 0.379 e. The van der Waals surface area contributed by atoms with Crippen LogP contribution in [0.2, 0.25) is 0 Å². The fraction of sp³-hybridized carbons (Fsp3) is 0.500. The normalized spacial score (nSPS) is 12.2. The van der Waals surface area contributed by atoms with Crippen molar-refractivity contribution in [1.29, 1.82) is 0 Å². The van der Waals surface area contributed by atoms with E-state index in [9.17, 15) is 10.1 Å². The first-order chi connectivity index (χ1) is 8.06. The van der Waals surface area contributed by atoms with Gasteiger partial charge in [-0.25, -0.2) is 0 Å². The molecule has 1 unspecified atom stereocenters. The van der Waals surface area contributed by atoms with Gasteiger partial charge >= 0.3 is 0 Å². The second-order valence-electron chi connectivity index (χ2n) is 4.17. The topological polar surface area (TPSA) is 55.2 Å². The third-order valence-corrected chi connectivity index (χ3v) is 3.43. The second-order valence-corrected chi connectivity index (χ2v) is 5.08. The summed E-state index contributed by atoms with van der Waals surface area (Å²) in [5, 5.41) is 14.1. The highest BCUT2D eigenvalue weighted by Crippen LogP contribution is 2.27. The summed E-state index contributed by atoms with van der Waals surface area (Å²) >= 11 is 1.79. The maximum atomic E-state index is 10.9. The van der Waals surface area contributed by atoms with Gasteiger partial charge in [0.2, 0.25) is 0 Å². The van der Waals surface area contributed by atoms with Crippen LogP contribution < -0.4 is 5.32 Å². The molecule has 0 aromatic heterocycles. The predicted molar refractivity (Wildman–Crippen MR) is 73.9 cm³/mol. The predicted octanol–water partition coefficient (Wildman–Crippen LogP) is 3.31. The Labute approximate surface area is 106 Å². The molecule has 0 saturated carbocycles. The number of nitrogens with one attached hydrogen (secondary N) is 1. The van der Waals surface area contributed by atoms with Crippen molar-refractivity contribution in [1.82, 2.24) is 0 Å². The lowest BCUT2D eigenvalue weighted by Crippen LogP contribution is -2.14. The number of para-hydroxylation sites is 1. The van der Waals surface area contributed by atoms with E-state index in [2.05, 4.69) is 18.5 Å². The first kappa shape index (κ1) is 13.8. The number of anilines is 1. The van der Waals surface area contributed by atoms with Gasteiger partial charge < -0.3 is 5.32 Å². The van der Waals surface area contributed by atoms with Gasteiger partial charge in [0, 0.05) is 12.6 Å². The zero-order valence-electron chi connectivity index (χ0n) is 10.4. The SMILES string of the molecule is CSCC(C)CNc1c(C)cccc1[N+](=O)[O-]. The van der Waals surface area contributed by atoms with Crippen LogP contribution >= 0.6 is 11.8 Å². The third kappa shape index (κ3) is 3.93. The molecule has 0 spiro atoms. The Morgan fingerprint density at radius 3 is 2.82 bits per heavy atom. The maximum Gasteiger partial charge on any atom is 0.292 e. The minimum absolute atomic E-state index is 0.154. The Bertz CT molecular complexity index is 396. The zero-order chi connectivity index (χ0) is 12.8. The van der Waals surface area contributed by atoms with Crippen LogP contribution in [0.5, 0.6) is 0 Å². The lowest BCUT2D eigenvalue weighted by Gasteiger charge is -2.14. The minimum Gasteiger partial charge on any atom is -0.379 e. The van der Waals surface area contributed by atoms with Crippen LogP contribution in [0.15, 0.2) is 18.2 Å². The van der Waals surface area contributed by atoms with Crippen LogP contribution in [0.3, 0.4) is 0 Å². The number of benzene rings is 1. The van der Waals surface area contributed by atoms with Gasteiger partial charge in [0.25, 0.3) is 5.69 Å². The van der Waals surface area contributed by atoms with E-state index in [0.29, 0.717) is 11.6 Å². The molecule has 4 nitrogen and oxygen atoms in total. The fourth-order valence-electron chi connectivity index (χ4n) is 1.65. The Balaban J connectivity index is 2.79. The van der Waals surface area contributed by atoms with Crippen molar-refractivity contribution in [2.45, 2.75) is 13.8 Å². The number of rotatable bonds is 6. The van der Waals surface area contributed by atoms with E-state index in [1.54, 1.807) is 17.8 Å². The van der Waals surface area contributed by atoms with Gasteiger partial charge in [0.15, 0.2) is 0 Å². The molecule has 1 rings (SSSR count). The van der Waals surface area contributed by atoms with Gasteiger partial charge in [-0.1, -0.05) is 19.1 Å². The number of aryl methyl sites for hydroxylation is 1. The van der Waals surface area contributed by atoms with E-state index in [4.69, 9.17) is 0 Å². The molecule has 0 aliphatic rings. The highest BCUT2D eigenvalue weighted by atomic mass is 32.2. The number of thioether (sulfide) groups is 1. The van der Waals surface area contributed by atoms with Gasteiger partial charge in [-0.3, -0.25) is 10.1 Å². The molecule has 0 saturated heterocycles.